The van der Waals surface area contributed by atoms with Gasteiger partial charge in [0.15, 0.2) is 0 Å². The van der Waals surface area contributed by atoms with Crippen molar-refractivity contribution < 1.29 is 0 Å². The Hall–Kier alpha value is -1.68. The van der Waals surface area contributed by atoms with Gasteiger partial charge in [-0.25, -0.2) is 4.98 Å². The Labute approximate surface area is 136 Å². The fraction of sp³-hybridized carbons (Fsp3) is 0.579. The van der Waals surface area contributed by atoms with Crippen LogP contribution >= 0.6 is 0 Å². The summed E-state index contributed by atoms with van der Waals surface area (Å²) in [5.41, 5.74) is 0.811. The van der Waals surface area contributed by atoms with Crippen LogP contribution in [0.5, 0.6) is 0 Å². The predicted molar refractivity (Wildman–Crippen MR) is 92.5 cm³/mol. The Balaban J connectivity index is 1.59. The van der Waals surface area contributed by atoms with Gasteiger partial charge in [-0.2, -0.15) is 0 Å². The summed E-state index contributed by atoms with van der Waals surface area (Å²) < 4.78 is 0. The number of nitrogens with one attached hydrogen (secondary N) is 1. The minimum atomic E-state index is -0.00452. The Morgan fingerprint density at radius 1 is 1.09 bits per heavy atom. The zero-order chi connectivity index (χ0) is 15.6. The first-order valence-electron chi connectivity index (χ1n) is 9.04. The maximum atomic E-state index is 12.3. The molecule has 0 spiro atoms. The number of para-hydroxylation sites is 1. The number of aromatic amines is 1. The molecule has 1 aliphatic carbocycles. The van der Waals surface area contributed by atoms with Crippen LogP contribution in [0.2, 0.25) is 0 Å². The van der Waals surface area contributed by atoms with E-state index < -0.39 is 0 Å². The molecule has 1 aromatic heterocycles. The van der Waals surface area contributed by atoms with Gasteiger partial charge in [0.25, 0.3) is 5.56 Å². The van der Waals surface area contributed by atoms with Crippen molar-refractivity contribution in [3.63, 3.8) is 0 Å². The zero-order valence-corrected chi connectivity index (χ0v) is 13.6. The van der Waals surface area contributed by atoms with Crippen LogP contribution in [-0.2, 0) is 0 Å². The molecule has 0 radical (unpaired) electrons. The van der Waals surface area contributed by atoms with Crippen LogP contribution in [-0.4, -0.2) is 28.0 Å². The first-order valence-corrected chi connectivity index (χ1v) is 9.04. The number of hydrogen-bond acceptors (Lipinski definition) is 3. The van der Waals surface area contributed by atoms with Crippen molar-refractivity contribution in [2.75, 3.05) is 13.1 Å². The van der Waals surface area contributed by atoms with Gasteiger partial charge >= 0.3 is 0 Å². The molecule has 1 aliphatic heterocycles. The van der Waals surface area contributed by atoms with E-state index in [0.717, 1.165) is 30.2 Å². The molecule has 1 saturated heterocycles. The smallest absolute Gasteiger partial charge is 0.258 e. The lowest BCUT2D eigenvalue weighted by Crippen LogP contribution is -2.32. The SMILES string of the molecule is O=c1[nH]c(C2CCCN2CC2CCCCC2)nc2ccccc12. The molecule has 23 heavy (non-hydrogen) atoms. The predicted octanol–water partition coefficient (Wildman–Crippen LogP) is 3.64. The van der Waals surface area contributed by atoms with E-state index in [1.165, 1.54) is 45.1 Å². The molecule has 2 aliphatic rings. The van der Waals surface area contributed by atoms with E-state index in [1.807, 2.05) is 24.3 Å². The molecule has 0 bridgehead atoms. The van der Waals surface area contributed by atoms with E-state index in [-0.39, 0.29) is 11.6 Å². The molecular weight excluding hydrogens is 286 g/mol. The van der Waals surface area contributed by atoms with Gasteiger partial charge in [-0.05, 0) is 50.3 Å². The molecule has 4 heteroatoms. The van der Waals surface area contributed by atoms with Crippen molar-refractivity contribution >= 4 is 10.9 Å². The summed E-state index contributed by atoms with van der Waals surface area (Å²) in [5, 5.41) is 0.688. The van der Waals surface area contributed by atoms with Crippen molar-refractivity contribution in [1.29, 1.82) is 0 Å². The van der Waals surface area contributed by atoms with Crippen LogP contribution in [0.3, 0.4) is 0 Å². The summed E-state index contributed by atoms with van der Waals surface area (Å²) in [4.78, 5) is 22.7. The lowest BCUT2D eigenvalue weighted by molar-refractivity contribution is 0.183. The van der Waals surface area contributed by atoms with Crippen LogP contribution in [0.4, 0.5) is 0 Å². The average molecular weight is 311 g/mol. The van der Waals surface area contributed by atoms with Crippen molar-refractivity contribution in [2.24, 2.45) is 5.92 Å². The summed E-state index contributed by atoms with van der Waals surface area (Å²) in [6.07, 6.45) is 9.21. The van der Waals surface area contributed by atoms with E-state index in [0.29, 0.717) is 5.39 Å². The second-order valence-electron chi connectivity index (χ2n) is 7.13. The number of likely N-dealkylation sites (tertiary alicyclic amines) is 1. The summed E-state index contributed by atoms with van der Waals surface area (Å²) in [6.45, 7) is 2.30. The highest BCUT2D eigenvalue weighted by molar-refractivity contribution is 5.77. The Kier molecular flexibility index (Phi) is 4.17. The topological polar surface area (TPSA) is 49.0 Å². The minimum Gasteiger partial charge on any atom is -0.309 e. The van der Waals surface area contributed by atoms with E-state index >= 15 is 0 Å². The van der Waals surface area contributed by atoms with E-state index in [2.05, 4.69) is 9.88 Å². The Morgan fingerprint density at radius 3 is 2.78 bits per heavy atom. The molecule has 4 rings (SSSR count). The molecule has 1 unspecified atom stereocenters. The minimum absolute atomic E-state index is 0.00452. The third-order valence-corrected chi connectivity index (χ3v) is 5.53. The normalized spacial score (nSPS) is 23.6. The van der Waals surface area contributed by atoms with E-state index in [1.54, 1.807) is 0 Å². The van der Waals surface area contributed by atoms with Gasteiger partial charge in [0.05, 0.1) is 16.9 Å². The third kappa shape index (κ3) is 3.05. The summed E-state index contributed by atoms with van der Waals surface area (Å²) in [6, 6.07) is 7.92. The zero-order valence-electron chi connectivity index (χ0n) is 13.6. The third-order valence-electron chi connectivity index (χ3n) is 5.53. The van der Waals surface area contributed by atoms with Gasteiger partial charge in [0.2, 0.25) is 0 Å². The maximum Gasteiger partial charge on any atom is 0.258 e. The van der Waals surface area contributed by atoms with Gasteiger partial charge in [-0.1, -0.05) is 31.4 Å². The highest BCUT2D eigenvalue weighted by Crippen LogP contribution is 2.33. The van der Waals surface area contributed by atoms with Gasteiger partial charge in [-0.15, -0.1) is 0 Å². The summed E-state index contributed by atoms with van der Waals surface area (Å²) in [7, 11) is 0. The monoisotopic (exact) mass is 311 g/mol. The van der Waals surface area contributed by atoms with Gasteiger partial charge in [0, 0.05) is 6.54 Å². The molecule has 1 atom stereocenters. The van der Waals surface area contributed by atoms with Crippen LogP contribution in [0, 0.1) is 5.92 Å². The van der Waals surface area contributed by atoms with Gasteiger partial charge in [0.1, 0.15) is 5.82 Å². The molecule has 4 nitrogen and oxygen atoms in total. The first-order chi connectivity index (χ1) is 11.3. The van der Waals surface area contributed by atoms with Crippen molar-refractivity contribution in [1.82, 2.24) is 14.9 Å². The standard InChI is InChI=1S/C19H25N3O/c23-19-15-9-4-5-10-16(15)20-18(21-19)17-11-6-12-22(17)13-14-7-2-1-3-8-14/h4-5,9-10,14,17H,1-3,6-8,11-13H2,(H,20,21,23). The highest BCUT2D eigenvalue weighted by Gasteiger charge is 2.30. The molecule has 1 saturated carbocycles. The molecule has 1 N–H and O–H groups in total. The molecule has 2 heterocycles. The average Bonchev–Trinajstić information content (AvgIpc) is 3.04. The summed E-state index contributed by atoms with van der Waals surface area (Å²) >= 11 is 0. The molecule has 0 amide bonds. The largest absolute Gasteiger partial charge is 0.309 e. The Morgan fingerprint density at radius 2 is 1.91 bits per heavy atom. The van der Waals surface area contributed by atoms with Crippen LogP contribution in [0.25, 0.3) is 10.9 Å². The van der Waals surface area contributed by atoms with Crippen molar-refractivity contribution in [2.45, 2.75) is 51.0 Å². The number of nitrogens with zero attached hydrogens (tertiary/aromatic N) is 2. The number of rotatable bonds is 3. The van der Waals surface area contributed by atoms with Crippen LogP contribution in [0.15, 0.2) is 29.1 Å². The van der Waals surface area contributed by atoms with Gasteiger partial charge in [-0.3, -0.25) is 9.69 Å². The first kappa shape index (κ1) is 14.9. The molecular formula is C19H25N3O. The molecule has 1 aromatic carbocycles. The van der Waals surface area contributed by atoms with Gasteiger partial charge < -0.3 is 4.98 Å². The maximum absolute atomic E-state index is 12.3. The molecule has 2 aromatic rings. The fourth-order valence-corrected chi connectivity index (χ4v) is 4.32. The Bertz CT molecular complexity index is 733. The molecule has 122 valence electrons. The van der Waals surface area contributed by atoms with Crippen molar-refractivity contribution in [3.05, 3.63) is 40.4 Å². The number of hydrogen-bond donors (Lipinski definition) is 1. The number of benzene rings is 1. The number of H-pyrrole nitrogens is 1. The van der Waals surface area contributed by atoms with E-state index in [9.17, 15) is 4.79 Å². The van der Waals surface area contributed by atoms with Crippen molar-refractivity contribution in [3.8, 4) is 0 Å². The molecule has 2 fully saturated rings. The number of aromatic nitrogens is 2. The lowest BCUT2D eigenvalue weighted by atomic mass is 9.89. The van der Waals surface area contributed by atoms with E-state index in [4.69, 9.17) is 4.98 Å². The van der Waals surface area contributed by atoms with Crippen LogP contribution in [0.1, 0.15) is 56.8 Å². The number of fused-ring (bicyclic) bond motifs is 1. The lowest BCUT2D eigenvalue weighted by Gasteiger charge is -2.30. The quantitative estimate of drug-likeness (QED) is 0.941. The fourth-order valence-electron chi connectivity index (χ4n) is 4.32. The highest BCUT2D eigenvalue weighted by atomic mass is 16.1. The summed E-state index contributed by atoms with van der Waals surface area (Å²) in [5.74, 6) is 1.69. The second-order valence-corrected chi connectivity index (χ2v) is 7.13. The second kappa shape index (κ2) is 6.44. The van der Waals surface area contributed by atoms with Crippen LogP contribution < -0.4 is 5.56 Å².